The van der Waals surface area contributed by atoms with E-state index in [1.165, 1.54) is 0 Å². The average molecular weight is 483 g/mol. The van der Waals surface area contributed by atoms with Crippen LogP contribution in [0.5, 0.6) is 17.2 Å². The number of carboxylic acids is 1. The summed E-state index contributed by atoms with van der Waals surface area (Å²) in [4.78, 5) is 20.3. The van der Waals surface area contributed by atoms with E-state index in [9.17, 15) is 9.90 Å². The summed E-state index contributed by atoms with van der Waals surface area (Å²) >= 11 is 0. The van der Waals surface area contributed by atoms with Gasteiger partial charge in [0.05, 0.1) is 20.8 Å². The molecule has 0 fully saturated rings. The van der Waals surface area contributed by atoms with Gasteiger partial charge in [-0.3, -0.25) is 4.98 Å². The second-order valence-corrected chi connectivity index (χ2v) is 8.01. The van der Waals surface area contributed by atoms with Gasteiger partial charge in [-0.05, 0) is 41.6 Å². The number of nitrogens with zero attached hydrogens (tertiary/aromatic N) is 2. The van der Waals surface area contributed by atoms with Crippen molar-refractivity contribution in [2.45, 2.75) is 32.6 Å². The molecule has 0 atom stereocenters. The zero-order chi connectivity index (χ0) is 24.1. The molecule has 2 aromatic carbocycles. The van der Waals surface area contributed by atoms with Gasteiger partial charge in [0.1, 0.15) is 11.3 Å². The molecule has 0 amide bonds. The molecule has 0 saturated carbocycles. The van der Waals surface area contributed by atoms with E-state index in [0.29, 0.717) is 29.2 Å². The Kier molecular flexibility index (Phi) is 9.32. The van der Waals surface area contributed by atoms with Gasteiger partial charge in [-0.15, -0.1) is 0 Å². The van der Waals surface area contributed by atoms with Crippen LogP contribution in [0, 0.1) is 0 Å². The maximum absolute atomic E-state index is 10.7. The first-order valence-corrected chi connectivity index (χ1v) is 11.3. The van der Waals surface area contributed by atoms with Crippen LogP contribution in [0.2, 0.25) is 0 Å². The number of hydrogen-bond donors (Lipinski definition) is 0. The van der Waals surface area contributed by atoms with E-state index in [-0.39, 0.29) is 42.6 Å². The molecule has 176 valence electrons. The largest absolute Gasteiger partial charge is 1.00 e. The predicted octanol–water partition coefficient (Wildman–Crippen LogP) is 0.866. The van der Waals surface area contributed by atoms with Crippen LogP contribution >= 0.6 is 0 Å². The topological polar surface area (TPSA) is 93.6 Å². The number of rotatable bonds is 10. The molecule has 8 heteroatoms. The number of pyridine rings is 2. The maximum Gasteiger partial charge on any atom is 1.00 e. The van der Waals surface area contributed by atoms with Crippen molar-refractivity contribution in [3.05, 3.63) is 65.6 Å². The minimum absolute atomic E-state index is 0. The molecule has 4 rings (SSSR count). The molecule has 7 nitrogen and oxygen atoms in total. The van der Waals surface area contributed by atoms with Crippen molar-refractivity contribution in [3.8, 4) is 17.2 Å². The standard InChI is InChI=1S/C27H28N2O5.Na/c1-4-6-22-21-15-25(33-3)24(32-2)14-20(21)18(16-28-22)13-19-10-9-17-7-5-8-23(27(17)29-19)34-12-11-26(30)31;/h5,7-10,14-16H,4,6,11-13H2,1-3H3,(H,30,31);/q;+1/p-1. The molecule has 0 saturated heterocycles. The second kappa shape index (κ2) is 12.2. The summed E-state index contributed by atoms with van der Waals surface area (Å²) in [6, 6.07) is 13.6. The summed E-state index contributed by atoms with van der Waals surface area (Å²) in [5.74, 6) is 0.744. The number of aryl methyl sites for hydroxylation is 1. The summed E-state index contributed by atoms with van der Waals surface area (Å²) < 4.78 is 16.8. The van der Waals surface area contributed by atoms with Crippen LogP contribution in [0.1, 0.15) is 36.7 Å². The molecule has 0 aliphatic rings. The fourth-order valence-corrected chi connectivity index (χ4v) is 4.07. The number of benzene rings is 2. The number of aromatic nitrogens is 2. The van der Waals surface area contributed by atoms with Crippen LogP contribution < -0.4 is 48.9 Å². The zero-order valence-corrected chi connectivity index (χ0v) is 22.6. The summed E-state index contributed by atoms with van der Waals surface area (Å²) in [6.45, 7) is 2.16. The van der Waals surface area contributed by atoms with Gasteiger partial charge in [-0.25, -0.2) is 4.98 Å². The van der Waals surface area contributed by atoms with E-state index in [1.807, 2.05) is 42.6 Å². The van der Waals surface area contributed by atoms with Gasteiger partial charge in [-0.2, -0.15) is 0 Å². The molecular weight excluding hydrogens is 455 g/mol. The van der Waals surface area contributed by atoms with Crippen LogP contribution in [0.25, 0.3) is 21.7 Å². The molecule has 0 aliphatic carbocycles. The third kappa shape index (κ3) is 6.04. The third-order valence-corrected chi connectivity index (χ3v) is 5.72. The average Bonchev–Trinajstić information content (AvgIpc) is 2.84. The number of methoxy groups -OCH3 is 2. The van der Waals surface area contributed by atoms with Gasteiger partial charge in [0.2, 0.25) is 0 Å². The van der Waals surface area contributed by atoms with E-state index in [0.717, 1.165) is 46.0 Å². The van der Waals surface area contributed by atoms with Crippen LogP contribution in [0.3, 0.4) is 0 Å². The Morgan fingerprint density at radius 1 is 1.00 bits per heavy atom. The number of fused-ring (bicyclic) bond motifs is 2. The van der Waals surface area contributed by atoms with Crippen molar-refractivity contribution in [2.24, 2.45) is 0 Å². The number of hydrogen-bond acceptors (Lipinski definition) is 7. The van der Waals surface area contributed by atoms with E-state index in [2.05, 4.69) is 6.92 Å². The van der Waals surface area contributed by atoms with Gasteiger partial charge >= 0.3 is 29.6 Å². The Hall–Kier alpha value is -2.87. The summed E-state index contributed by atoms with van der Waals surface area (Å²) in [6.07, 6.45) is 4.15. The molecule has 0 spiro atoms. The Morgan fingerprint density at radius 3 is 2.43 bits per heavy atom. The summed E-state index contributed by atoms with van der Waals surface area (Å²) in [7, 11) is 3.26. The number of ether oxygens (including phenoxy) is 3. The molecule has 2 heterocycles. The van der Waals surface area contributed by atoms with Crippen molar-refractivity contribution >= 4 is 27.6 Å². The number of para-hydroxylation sites is 1. The van der Waals surface area contributed by atoms with Crippen molar-refractivity contribution in [1.29, 1.82) is 0 Å². The minimum Gasteiger partial charge on any atom is -0.550 e. The fourth-order valence-electron chi connectivity index (χ4n) is 4.07. The van der Waals surface area contributed by atoms with Crippen molar-refractivity contribution in [3.63, 3.8) is 0 Å². The molecule has 0 N–H and O–H groups in total. The third-order valence-electron chi connectivity index (χ3n) is 5.72. The van der Waals surface area contributed by atoms with E-state index in [1.54, 1.807) is 20.3 Å². The molecule has 35 heavy (non-hydrogen) atoms. The monoisotopic (exact) mass is 482 g/mol. The smallest absolute Gasteiger partial charge is 0.550 e. The van der Waals surface area contributed by atoms with Crippen LogP contribution in [0.15, 0.2) is 48.7 Å². The molecule has 0 radical (unpaired) electrons. The van der Waals surface area contributed by atoms with E-state index < -0.39 is 5.97 Å². The van der Waals surface area contributed by atoms with Crippen molar-refractivity contribution < 1.29 is 53.7 Å². The summed E-state index contributed by atoms with van der Waals surface area (Å²) in [5, 5.41) is 13.8. The zero-order valence-electron chi connectivity index (χ0n) is 20.6. The molecule has 2 aromatic heterocycles. The van der Waals surface area contributed by atoms with Crippen LogP contribution in [-0.4, -0.2) is 36.8 Å². The quantitative estimate of drug-likeness (QED) is 0.310. The first-order chi connectivity index (χ1) is 16.5. The molecule has 0 aliphatic heterocycles. The number of carbonyl (C=O) groups is 1. The van der Waals surface area contributed by atoms with E-state index >= 15 is 0 Å². The first kappa shape index (κ1) is 26.7. The SMILES string of the molecule is CCCc1ncc(Cc2ccc3cccc(OCCC(=O)[O-])c3n2)c2cc(OC)c(OC)cc12.[Na+]. The van der Waals surface area contributed by atoms with Crippen LogP contribution in [0.4, 0.5) is 0 Å². The Labute approximate surface area is 226 Å². The number of aliphatic carboxylic acids is 1. The van der Waals surface area contributed by atoms with E-state index in [4.69, 9.17) is 24.2 Å². The molecule has 4 aromatic rings. The first-order valence-electron chi connectivity index (χ1n) is 11.3. The summed E-state index contributed by atoms with van der Waals surface area (Å²) in [5.41, 5.74) is 3.59. The number of carboxylic acid groups (broad SMARTS) is 1. The Bertz CT molecular complexity index is 1340. The minimum atomic E-state index is -1.15. The van der Waals surface area contributed by atoms with Gasteiger partial charge < -0.3 is 24.1 Å². The van der Waals surface area contributed by atoms with Gasteiger partial charge in [0.15, 0.2) is 11.5 Å². The maximum atomic E-state index is 10.7. The molecule has 0 bridgehead atoms. The van der Waals surface area contributed by atoms with Crippen LogP contribution in [-0.2, 0) is 17.6 Å². The normalized spacial score (nSPS) is 10.7. The Balaban J connectivity index is 0.00000342. The predicted molar refractivity (Wildman–Crippen MR) is 129 cm³/mol. The van der Waals surface area contributed by atoms with Crippen molar-refractivity contribution in [1.82, 2.24) is 9.97 Å². The molecule has 0 unspecified atom stereocenters. The van der Waals surface area contributed by atoms with Gasteiger partial charge in [0.25, 0.3) is 0 Å². The molecular formula is C27H27N2NaO5. The van der Waals surface area contributed by atoms with Gasteiger partial charge in [-0.1, -0.05) is 31.5 Å². The van der Waals surface area contributed by atoms with Gasteiger partial charge in [0, 0.05) is 47.2 Å². The fraction of sp³-hybridized carbons (Fsp3) is 0.296. The second-order valence-electron chi connectivity index (χ2n) is 8.01. The number of carbonyl (C=O) groups excluding carboxylic acids is 1. The Morgan fingerprint density at radius 2 is 1.74 bits per heavy atom. The van der Waals surface area contributed by atoms with Crippen molar-refractivity contribution in [2.75, 3.05) is 20.8 Å².